The van der Waals surface area contributed by atoms with E-state index in [0.29, 0.717) is 0 Å². The average molecular weight is 690 g/mol. The highest BCUT2D eigenvalue weighted by Gasteiger charge is 2.19. The molecule has 0 spiro atoms. The number of aromatic nitrogens is 3. The lowest BCUT2D eigenvalue weighted by Crippen LogP contribution is -1.96. The summed E-state index contributed by atoms with van der Waals surface area (Å²) in [5, 5.41) is 8.52. The molecule has 0 atom stereocenters. The molecule has 4 nitrogen and oxygen atoms in total. The highest BCUT2D eigenvalue weighted by atomic mass is 16.3. The summed E-state index contributed by atoms with van der Waals surface area (Å²) in [5.74, 6) is 0. The van der Waals surface area contributed by atoms with Crippen LogP contribution in [-0.4, -0.2) is 13.7 Å². The maximum atomic E-state index is 6.47. The van der Waals surface area contributed by atoms with Gasteiger partial charge < -0.3 is 13.6 Å². The van der Waals surface area contributed by atoms with Crippen LogP contribution >= 0.6 is 0 Å². The van der Waals surface area contributed by atoms with Crippen LogP contribution in [-0.2, 0) is 0 Å². The molecule has 0 bridgehead atoms. The van der Waals surface area contributed by atoms with Gasteiger partial charge in [-0.15, -0.1) is 0 Å². The van der Waals surface area contributed by atoms with Crippen molar-refractivity contribution in [2.24, 2.45) is 0 Å². The molecule has 0 unspecified atom stereocenters. The molecule has 0 saturated carbocycles. The molecule has 252 valence electrons. The number of furan rings is 1. The summed E-state index contributed by atoms with van der Waals surface area (Å²) in [6.07, 6.45) is 0. The van der Waals surface area contributed by atoms with Crippen molar-refractivity contribution in [3.05, 3.63) is 188 Å². The summed E-state index contributed by atoms with van der Waals surface area (Å²) in [4.78, 5) is 0. The zero-order chi connectivity index (χ0) is 35.3. The third-order valence-electron chi connectivity index (χ3n) is 11.3. The van der Waals surface area contributed by atoms with Gasteiger partial charge in [0, 0.05) is 49.4 Å². The van der Waals surface area contributed by atoms with Gasteiger partial charge in [-0.2, -0.15) is 0 Å². The van der Waals surface area contributed by atoms with Crippen LogP contribution in [0.4, 0.5) is 0 Å². The fourth-order valence-corrected chi connectivity index (χ4v) is 8.88. The summed E-state index contributed by atoms with van der Waals surface area (Å²) in [5.41, 5.74) is 13.5. The van der Waals surface area contributed by atoms with Gasteiger partial charge in [-0.3, -0.25) is 4.57 Å². The second-order valence-corrected chi connectivity index (χ2v) is 14.1. The molecule has 0 amide bonds. The molecule has 4 aromatic heterocycles. The Labute approximate surface area is 309 Å². The minimum Gasteiger partial charge on any atom is -0.439 e. The van der Waals surface area contributed by atoms with E-state index in [1.165, 1.54) is 60.1 Å². The fraction of sp³-hybridized carbons (Fsp3) is 0. The van der Waals surface area contributed by atoms with Gasteiger partial charge >= 0.3 is 0 Å². The summed E-state index contributed by atoms with van der Waals surface area (Å²) in [6, 6.07) is 67.7. The lowest BCUT2D eigenvalue weighted by atomic mass is 10.0. The Hall–Kier alpha value is -7.30. The van der Waals surface area contributed by atoms with Gasteiger partial charge in [0.15, 0.2) is 0 Å². The van der Waals surface area contributed by atoms with E-state index in [-0.39, 0.29) is 0 Å². The van der Waals surface area contributed by atoms with Crippen LogP contribution in [0.3, 0.4) is 0 Å². The molecule has 0 saturated heterocycles. The van der Waals surface area contributed by atoms with E-state index in [4.69, 9.17) is 4.42 Å². The molecule has 12 rings (SSSR count). The van der Waals surface area contributed by atoms with Crippen molar-refractivity contribution < 1.29 is 4.42 Å². The molecular formula is C50H31N3O. The third-order valence-corrected chi connectivity index (χ3v) is 11.3. The molecular weight excluding hydrogens is 659 g/mol. The molecule has 0 fully saturated rings. The number of hydrogen-bond donors (Lipinski definition) is 0. The first-order valence-corrected chi connectivity index (χ1v) is 18.4. The van der Waals surface area contributed by atoms with Crippen LogP contribution in [0.25, 0.3) is 105 Å². The van der Waals surface area contributed by atoms with Crippen molar-refractivity contribution in [3.63, 3.8) is 0 Å². The molecule has 54 heavy (non-hydrogen) atoms. The van der Waals surface area contributed by atoms with E-state index < -0.39 is 0 Å². The van der Waals surface area contributed by atoms with Gasteiger partial charge in [-0.05, 0) is 83.9 Å². The predicted octanol–water partition coefficient (Wildman–Crippen LogP) is 13.4. The topological polar surface area (TPSA) is 27.9 Å². The number of hydrogen-bond acceptors (Lipinski definition) is 1. The van der Waals surface area contributed by atoms with Crippen molar-refractivity contribution in [2.75, 3.05) is 0 Å². The summed E-state index contributed by atoms with van der Waals surface area (Å²) in [6.45, 7) is 0. The normalized spacial score (nSPS) is 12.1. The lowest BCUT2D eigenvalue weighted by molar-refractivity contribution is 0.645. The number of nitrogens with zero attached hydrogens (tertiary/aromatic N) is 3. The zero-order valence-corrected chi connectivity index (χ0v) is 29.1. The van der Waals surface area contributed by atoms with E-state index in [1.54, 1.807) is 0 Å². The zero-order valence-electron chi connectivity index (χ0n) is 29.1. The Kier molecular flexibility index (Phi) is 6.02. The molecule has 4 heterocycles. The minimum atomic E-state index is 0.878. The van der Waals surface area contributed by atoms with E-state index in [1.807, 2.05) is 12.1 Å². The van der Waals surface area contributed by atoms with Crippen molar-refractivity contribution in [2.45, 2.75) is 0 Å². The Bertz CT molecular complexity index is 3370. The molecule has 8 aromatic carbocycles. The van der Waals surface area contributed by atoms with Crippen LogP contribution in [0.2, 0.25) is 0 Å². The highest BCUT2D eigenvalue weighted by molar-refractivity contribution is 6.20. The van der Waals surface area contributed by atoms with Crippen molar-refractivity contribution in [1.82, 2.24) is 13.7 Å². The number of fused-ring (bicyclic) bond motifs is 11. The smallest absolute Gasteiger partial charge is 0.213 e. The van der Waals surface area contributed by atoms with Crippen LogP contribution in [0.5, 0.6) is 0 Å². The first-order valence-electron chi connectivity index (χ1n) is 18.4. The molecule has 0 radical (unpaired) electrons. The summed E-state index contributed by atoms with van der Waals surface area (Å²) >= 11 is 0. The third kappa shape index (κ3) is 4.08. The Morgan fingerprint density at radius 1 is 0.296 bits per heavy atom. The molecule has 0 aliphatic carbocycles. The van der Waals surface area contributed by atoms with E-state index >= 15 is 0 Å². The van der Waals surface area contributed by atoms with Gasteiger partial charge in [-0.25, -0.2) is 0 Å². The van der Waals surface area contributed by atoms with Crippen LogP contribution in [0.1, 0.15) is 0 Å². The molecule has 0 aliphatic heterocycles. The summed E-state index contributed by atoms with van der Waals surface area (Å²) in [7, 11) is 0. The second-order valence-electron chi connectivity index (χ2n) is 14.1. The average Bonchev–Trinajstić information content (AvgIpc) is 3.97. The van der Waals surface area contributed by atoms with Crippen molar-refractivity contribution >= 4 is 76.6 Å². The quantitative estimate of drug-likeness (QED) is 0.181. The highest BCUT2D eigenvalue weighted by Crippen LogP contribution is 2.40. The first kappa shape index (κ1) is 29.3. The van der Waals surface area contributed by atoms with Crippen LogP contribution < -0.4 is 0 Å². The van der Waals surface area contributed by atoms with Gasteiger partial charge in [0.25, 0.3) is 0 Å². The van der Waals surface area contributed by atoms with Crippen LogP contribution in [0, 0.1) is 0 Å². The second kappa shape index (κ2) is 11.1. The Morgan fingerprint density at radius 3 is 1.30 bits per heavy atom. The largest absolute Gasteiger partial charge is 0.439 e. The number of rotatable bonds is 4. The SMILES string of the molecule is c1ccc2c(c1)oc1c2c2ccccc2n1-c1ccc(-c2ccc(-n3c4ccccc4c4cc(-n5c6ccccc6c6ccccc65)ccc43)cc2)cc1. The monoisotopic (exact) mass is 689 g/mol. The molecule has 4 heteroatoms. The fourth-order valence-electron chi connectivity index (χ4n) is 8.88. The molecule has 0 aliphatic rings. The van der Waals surface area contributed by atoms with Gasteiger partial charge in [0.05, 0.1) is 33.0 Å². The van der Waals surface area contributed by atoms with Crippen molar-refractivity contribution in [3.8, 4) is 28.2 Å². The number of para-hydroxylation sites is 5. The lowest BCUT2D eigenvalue weighted by Gasteiger charge is -2.11. The van der Waals surface area contributed by atoms with Gasteiger partial charge in [0.2, 0.25) is 5.71 Å². The van der Waals surface area contributed by atoms with Gasteiger partial charge in [-0.1, -0.05) is 115 Å². The standard InChI is InChI=1S/C50H31N3O/c1-6-16-43-37(11-1)38-12-2-7-17-44(38)52(43)36-29-30-47-42(31-36)39-13-3-8-18-45(39)51(47)34-25-21-32(22-26-34)33-23-27-35(28-24-33)53-46-19-9-4-14-40(46)49-41-15-5-10-20-48(41)54-50(49)53/h1-31H. The minimum absolute atomic E-state index is 0.878. The Balaban J connectivity index is 0.941. The van der Waals surface area contributed by atoms with Gasteiger partial charge in [0.1, 0.15) is 5.58 Å². The van der Waals surface area contributed by atoms with E-state index in [2.05, 4.69) is 190 Å². The molecule has 0 N–H and O–H groups in total. The van der Waals surface area contributed by atoms with E-state index in [0.717, 1.165) is 44.6 Å². The Morgan fingerprint density at radius 2 is 0.704 bits per heavy atom. The number of benzene rings is 8. The van der Waals surface area contributed by atoms with E-state index in [9.17, 15) is 0 Å². The van der Waals surface area contributed by atoms with Crippen LogP contribution in [0.15, 0.2) is 192 Å². The first-order chi connectivity index (χ1) is 26.8. The summed E-state index contributed by atoms with van der Waals surface area (Å²) < 4.78 is 13.5. The maximum Gasteiger partial charge on any atom is 0.213 e. The predicted molar refractivity (Wildman–Crippen MR) is 225 cm³/mol. The van der Waals surface area contributed by atoms with Crippen molar-refractivity contribution in [1.29, 1.82) is 0 Å². The maximum absolute atomic E-state index is 6.47. The molecule has 12 aromatic rings.